The summed E-state index contributed by atoms with van der Waals surface area (Å²) < 4.78 is 0. The van der Waals surface area contributed by atoms with Gasteiger partial charge >= 0.3 is 0 Å². The van der Waals surface area contributed by atoms with E-state index in [1.807, 2.05) is 33.8 Å². The first kappa shape index (κ1) is 50.2. The predicted molar refractivity (Wildman–Crippen MR) is 216 cm³/mol. The summed E-state index contributed by atoms with van der Waals surface area (Å²) in [5.74, 6) is 0.530. The highest BCUT2D eigenvalue weighted by Gasteiger charge is 2.33. The molecule has 0 fully saturated rings. The van der Waals surface area contributed by atoms with Gasteiger partial charge < -0.3 is 0 Å². The van der Waals surface area contributed by atoms with Crippen LogP contribution in [0.4, 0.5) is 5.69 Å². The minimum Gasteiger partial charge on any atom is -0.270 e. The van der Waals surface area contributed by atoms with E-state index in [1.54, 1.807) is 62.0 Å². The fraction of sp³-hybridized carbons (Fsp3) is 0.500. The molecule has 0 N–H and O–H groups in total. The molecule has 0 bridgehead atoms. The lowest BCUT2D eigenvalue weighted by Gasteiger charge is -2.29. The van der Waals surface area contributed by atoms with E-state index in [2.05, 4.69) is 108 Å². The second-order valence-electron chi connectivity index (χ2n) is 17.7. The number of hydrogen-bond donors (Lipinski definition) is 0. The van der Waals surface area contributed by atoms with E-state index < -0.39 is 5.54 Å². The van der Waals surface area contributed by atoms with Crippen molar-refractivity contribution in [2.45, 2.75) is 123 Å². The van der Waals surface area contributed by atoms with Gasteiger partial charge in [0.15, 0.2) is 0 Å². The molecule has 4 heterocycles. The quantitative estimate of drug-likeness (QED) is 0.224. The van der Waals surface area contributed by atoms with Crippen LogP contribution in [-0.4, -0.2) is 59.2 Å². The average Bonchev–Trinajstić information content (AvgIpc) is 3.51. The summed E-state index contributed by atoms with van der Waals surface area (Å²) in [6, 6.07) is 10.7. The number of carbonyl (C=O) groups is 4. The molecule has 0 aliphatic carbocycles. The largest absolute Gasteiger partial charge is 0.270 e. The SMILES string of the molecule is CC(C)(C)C.CC(C)(C)C.CC(C)(C)C.CC(C)(C)N1C(=O)C=CC1=O.Cc1ncccn1.Cc1nccnn1.O=C1C=CC(=O)N1c1ccccc1. The zero-order valence-corrected chi connectivity index (χ0v) is 35.3. The normalized spacial score (nSPS) is 13.3. The molecule has 2 aliphatic heterocycles. The average molecular weight is 732 g/mol. The Labute approximate surface area is 319 Å². The number of nitrogens with zero attached hydrogens (tertiary/aromatic N) is 7. The zero-order valence-electron chi connectivity index (χ0n) is 35.3. The first-order valence-electron chi connectivity index (χ1n) is 17.5. The van der Waals surface area contributed by atoms with Crippen LogP contribution < -0.4 is 4.90 Å². The highest BCUT2D eigenvalue weighted by molar-refractivity contribution is 6.28. The molecule has 0 atom stereocenters. The molecule has 0 saturated heterocycles. The molecule has 3 aromatic rings. The number of aromatic nitrogens is 5. The molecule has 0 unspecified atom stereocenters. The summed E-state index contributed by atoms with van der Waals surface area (Å²) in [5, 5.41) is 7.19. The van der Waals surface area contributed by atoms with Crippen LogP contribution in [-0.2, 0) is 19.2 Å². The van der Waals surface area contributed by atoms with Crippen molar-refractivity contribution in [3.63, 3.8) is 0 Å². The summed E-state index contributed by atoms with van der Waals surface area (Å²) in [6.45, 7) is 35.4. The number of aryl methyl sites for hydroxylation is 2. The van der Waals surface area contributed by atoms with Gasteiger partial charge in [0.2, 0.25) is 0 Å². The highest BCUT2D eigenvalue weighted by atomic mass is 16.2. The Morgan fingerprint density at radius 2 is 0.811 bits per heavy atom. The molecule has 0 saturated carbocycles. The predicted octanol–water partition coefficient (Wildman–Crippen LogP) is 8.95. The topological polar surface area (TPSA) is 139 Å². The van der Waals surface area contributed by atoms with Crippen molar-refractivity contribution in [2.75, 3.05) is 4.90 Å². The third-order valence-electron chi connectivity index (χ3n) is 4.60. The molecule has 11 heteroatoms. The molecule has 5 rings (SSSR count). The van der Waals surface area contributed by atoms with Gasteiger partial charge in [0, 0.05) is 48.4 Å². The Kier molecular flexibility index (Phi) is 22.3. The molecule has 0 spiro atoms. The summed E-state index contributed by atoms with van der Waals surface area (Å²) in [7, 11) is 0. The van der Waals surface area contributed by atoms with Crippen molar-refractivity contribution in [1.29, 1.82) is 0 Å². The number of carbonyl (C=O) groups excluding carboxylic acids is 4. The summed E-state index contributed by atoms with van der Waals surface area (Å²) in [4.78, 5) is 58.4. The monoisotopic (exact) mass is 732 g/mol. The second kappa shape index (κ2) is 23.6. The lowest BCUT2D eigenvalue weighted by atomic mass is 10.0. The van der Waals surface area contributed by atoms with Crippen LogP contribution in [0.3, 0.4) is 0 Å². The Morgan fingerprint density at radius 1 is 0.453 bits per heavy atom. The molecule has 1 aromatic carbocycles. The number of amides is 4. The van der Waals surface area contributed by atoms with Gasteiger partial charge in [0.25, 0.3) is 23.6 Å². The maximum atomic E-state index is 11.2. The van der Waals surface area contributed by atoms with E-state index in [0.717, 1.165) is 10.7 Å². The van der Waals surface area contributed by atoms with Gasteiger partial charge in [-0.2, -0.15) is 5.10 Å². The van der Waals surface area contributed by atoms with E-state index in [4.69, 9.17) is 0 Å². The highest BCUT2D eigenvalue weighted by Crippen LogP contribution is 2.18. The van der Waals surface area contributed by atoms with Crippen molar-refractivity contribution in [2.24, 2.45) is 16.2 Å². The molecule has 292 valence electrons. The lowest BCUT2D eigenvalue weighted by molar-refractivity contribution is -0.142. The lowest BCUT2D eigenvalue weighted by Crippen LogP contribution is -2.45. The van der Waals surface area contributed by atoms with E-state index in [-0.39, 0.29) is 23.6 Å². The Morgan fingerprint density at radius 3 is 1.06 bits per heavy atom. The van der Waals surface area contributed by atoms with Crippen LogP contribution in [0.1, 0.15) is 116 Å². The summed E-state index contributed by atoms with van der Waals surface area (Å²) >= 11 is 0. The maximum absolute atomic E-state index is 11.2. The van der Waals surface area contributed by atoms with Gasteiger partial charge in [-0.3, -0.25) is 24.1 Å². The van der Waals surface area contributed by atoms with Gasteiger partial charge in [0.1, 0.15) is 11.6 Å². The van der Waals surface area contributed by atoms with Crippen molar-refractivity contribution in [3.8, 4) is 0 Å². The van der Waals surface area contributed by atoms with Gasteiger partial charge in [-0.25, -0.2) is 19.9 Å². The number of imide groups is 2. The van der Waals surface area contributed by atoms with Crippen LogP contribution in [0.25, 0.3) is 0 Å². The van der Waals surface area contributed by atoms with E-state index in [0.29, 0.717) is 27.8 Å². The molecular formula is C42H65N7O4. The van der Waals surface area contributed by atoms with Crippen molar-refractivity contribution in [3.05, 3.63) is 97.1 Å². The second-order valence-corrected chi connectivity index (χ2v) is 17.7. The van der Waals surface area contributed by atoms with Gasteiger partial charge in [-0.1, -0.05) is 101 Å². The molecule has 11 nitrogen and oxygen atoms in total. The number of benzene rings is 1. The number of para-hydroxylation sites is 1. The smallest absolute Gasteiger partial charge is 0.258 e. The van der Waals surface area contributed by atoms with Crippen LogP contribution in [0.15, 0.2) is 85.5 Å². The number of anilines is 1. The van der Waals surface area contributed by atoms with Crippen LogP contribution >= 0.6 is 0 Å². The van der Waals surface area contributed by atoms with Gasteiger partial charge in [-0.05, 0) is 69.1 Å². The van der Waals surface area contributed by atoms with E-state index in [1.165, 1.54) is 29.2 Å². The van der Waals surface area contributed by atoms with Gasteiger partial charge in [0.05, 0.1) is 11.9 Å². The molecule has 2 aliphatic rings. The van der Waals surface area contributed by atoms with E-state index >= 15 is 0 Å². The van der Waals surface area contributed by atoms with Gasteiger partial charge in [-0.15, -0.1) is 5.10 Å². The third kappa shape index (κ3) is 31.5. The zero-order chi connectivity index (χ0) is 41.6. The molecule has 2 aromatic heterocycles. The molecule has 4 amide bonds. The maximum Gasteiger partial charge on any atom is 0.258 e. The minimum atomic E-state index is -0.405. The molecular weight excluding hydrogens is 667 g/mol. The Bertz CT molecular complexity index is 1440. The van der Waals surface area contributed by atoms with Crippen LogP contribution in [0.5, 0.6) is 0 Å². The minimum absolute atomic E-state index is 0.220. The number of hydrogen-bond acceptors (Lipinski definition) is 9. The van der Waals surface area contributed by atoms with Crippen LogP contribution in [0.2, 0.25) is 0 Å². The Balaban J connectivity index is 0. The summed E-state index contributed by atoms with van der Waals surface area (Å²) in [5.41, 5.74) is 1.71. The van der Waals surface area contributed by atoms with Crippen LogP contribution in [0, 0.1) is 30.1 Å². The summed E-state index contributed by atoms with van der Waals surface area (Å²) in [6.07, 6.45) is 11.8. The standard InChI is InChI=1S/C10H7NO2.C8H11NO2.C5H6N2.3C5H12.C4H5N3/c12-9-6-7-10(13)11(9)8-4-2-1-3-5-8;1-8(2,3)9-6(10)4-5-7(9)11;1-5-6-3-2-4-7-5;3*1-5(2,3)4;1-4-5-2-3-6-7-4/h1-7H;4-5H,1-3H3;2-4H,1H3;3*1-4H3;2-3H,1H3. The first-order chi connectivity index (χ1) is 24.0. The van der Waals surface area contributed by atoms with Crippen molar-refractivity contribution >= 4 is 29.3 Å². The van der Waals surface area contributed by atoms with Crippen molar-refractivity contribution in [1.82, 2.24) is 30.0 Å². The molecule has 53 heavy (non-hydrogen) atoms. The fourth-order valence-electron chi connectivity index (χ4n) is 2.98. The van der Waals surface area contributed by atoms with Crippen molar-refractivity contribution < 1.29 is 19.2 Å². The fourth-order valence-corrected chi connectivity index (χ4v) is 2.98. The Hall–Kier alpha value is -4.93. The third-order valence-corrected chi connectivity index (χ3v) is 4.60. The van der Waals surface area contributed by atoms with E-state index in [9.17, 15) is 19.2 Å². The molecule has 0 radical (unpaired) electrons. The number of rotatable bonds is 1. The first-order valence-corrected chi connectivity index (χ1v) is 17.5.